The van der Waals surface area contributed by atoms with E-state index in [9.17, 15) is 9.59 Å². The lowest BCUT2D eigenvalue weighted by atomic mass is 10.6. The minimum absolute atomic E-state index is 0.0846. The van der Waals surface area contributed by atoms with Gasteiger partial charge in [0.15, 0.2) is 4.77 Å². The number of rotatable bonds is 4. The Hall–Kier alpha value is -1.47. The molecular weight excluding hydrogens is 206 g/mol. The number of carbonyl (C=O) groups is 1. The molecule has 1 aromatic heterocycles. The normalized spacial score (nSPS) is 10.0. The highest BCUT2D eigenvalue weighted by Crippen LogP contribution is 1.80. The van der Waals surface area contributed by atoms with Crippen LogP contribution in [0.2, 0.25) is 0 Å². The van der Waals surface area contributed by atoms with Crippen LogP contribution in [-0.4, -0.2) is 27.2 Å². The Morgan fingerprint density at radius 2 is 2.43 bits per heavy atom. The zero-order valence-electron chi connectivity index (χ0n) is 7.19. The Bertz CT molecular complexity index is 408. The van der Waals surface area contributed by atoms with Gasteiger partial charge in [-0.3, -0.25) is 19.5 Å². The number of hydrogen-bond acceptors (Lipinski definition) is 4. The summed E-state index contributed by atoms with van der Waals surface area (Å²) in [5.74, 6) is -0.983. The molecule has 1 aromatic rings. The zero-order valence-corrected chi connectivity index (χ0v) is 8.00. The lowest BCUT2D eigenvalue weighted by molar-refractivity contribution is -0.136. The summed E-state index contributed by atoms with van der Waals surface area (Å²) in [6.07, 6.45) is 1.44. The molecule has 0 aliphatic carbocycles. The number of aromatic nitrogens is 2. The minimum Gasteiger partial charge on any atom is -0.480 e. The van der Waals surface area contributed by atoms with Gasteiger partial charge in [-0.15, -0.1) is 0 Å². The number of nitrogens with zero attached hydrogens (tertiary/aromatic N) is 1. The number of aromatic amines is 1. The topological polar surface area (TPSA) is 87.1 Å². The summed E-state index contributed by atoms with van der Waals surface area (Å²) < 4.78 is 1.49. The highest BCUT2D eigenvalue weighted by Gasteiger charge is 1.98. The molecule has 1 rings (SSSR count). The van der Waals surface area contributed by atoms with Gasteiger partial charge < -0.3 is 10.1 Å². The molecule has 0 atom stereocenters. The van der Waals surface area contributed by atoms with Crippen molar-refractivity contribution < 1.29 is 9.90 Å². The summed E-state index contributed by atoms with van der Waals surface area (Å²) in [6.45, 7) is -0.128. The van der Waals surface area contributed by atoms with Crippen molar-refractivity contribution in [2.24, 2.45) is 0 Å². The van der Waals surface area contributed by atoms with Crippen molar-refractivity contribution in [2.75, 3.05) is 6.54 Å². The molecule has 0 amide bonds. The Balaban J connectivity index is 2.72. The SMILES string of the molecule is O=C(O)CNCn1c(=O)cc[nH]c1=S. The molecule has 0 saturated carbocycles. The number of carboxylic acid groups (broad SMARTS) is 1. The van der Waals surface area contributed by atoms with Crippen LogP contribution in [0.25, 0.3) is 0 Å². The van der Waals surface area contributed by atoms with Gasteiger partial charge in [0.1, 0.15) is 0 Å². The fourth-order valence-corrected chi connectivity index (χ4v) is 1.10. The van der Waals surface area contributed by atoms with E-state index in [0.717, 1.165) is 0 Å². The van der Waals surface area contributed by atoms with Crippen LogP contribution in [0, 0.1) is 4.77 Å². The maximum atomic E-state index is 11.2. The molecule has 14 heavy (non-hydrogen) atoms. The first-order valence-electron chi connectivity index (χ1n) is 3.82. The van der Waals surface area contributed by atoms with E-state index >= 15 is 0 Å². The molecular formula is C7H9N3O3S. The summed E-state index contributed by atoms with van der Waals surface area (Å²) in [5, 5.41) is 10.9. The molecule has 0 bridgehead atoms. The molecule has 1 heterocycles. The Morgan fingerprint density at radius 3 is 3.00 bits per heavy atom. The summed E-state index contributed by atoms with van der Waals surface area (Å²) in [5.41, 5.74) is -0.272. The molecule has 7 heteroatoms. The van der Waals surface area contributed by atoms with Crippen molar-refractivity contribution in [3.8, 4) is 0 Å². The van der Waals surface area contributed by atoms with Crippen molar-refractivity contribution in [2.45, 2.75) is 6.67 Å². The van der Waals surface area contributed by atoms with E-state index in [0.29, 0.717) is 0 Å². The molecule has 0 saturated heterocycles. The van der Waals surface area contributed by atoms with Crippen molar-refractivity contribution >= 4 is 18.2 Å². The van der Waals surface area contributed by atoms with Crippen LogP contribution in [0.3, 0.4) is 0 Å². The molecule has 0 spiro atoms. The van der Waals surface area contributed by atoms with Gasteiger partial charge in [-0.2, -0.15) is 0 Å². The standard InChI is InChI=1S/C7H9N3O3S/c11-5-1-2-9-7(14)10(5)4-8-3-6(12)13/h1-2,8H,3-4H2,(H,9,14)(H,12,13). The number of carboxylic acids is 1. The quantitative estimate of drug-likeness (QED) is 0.591. The number of nitrogens with one attached hydrogen (secondary N) is 2. The number of H-pyrrole nitrogens is 1. The third kappa shape index (κ3) is 2.79. The van der Waals surface area contributed by atoms with Crippen LogP contribution in [0.5, 0.6) is 0 Å². The molecule has 0 radical (unpaired) electrons. The average Bonchev–Trinajstić information content (AvgIpc) is 2.09. The summed E-state index contributed by atoms with van der Waals surface area (Å²) in [6, 6.07) is 1.32. The molecule has 76 valence electrons. The fourth-order valence-electron chi connectivity index (χ4n) is 0.877. The maximum Gasteiger partial charge on any atom is 0.317 e. The number of hydrogen-bond donors (Lipinski definition) is 3. The van der Waals surface area contributed by atoms with Crippen molar-refractivity contribution in [1.29, 1.82) is 0 Å². The van der Waals surface area contributed by atoms with Crippen LogP contribution < -0.4 is 10.9 Å². The second kappa shape index (κ2) is 4.68. The van der Waals surface area contributed by atoms with Gasteiger partial charge in [0.25, 0.3) is 5.56 Å². The minimum atomic E-state index is -0.983. The first kappa shape index (κ1) is 10.6. The molecule has 3 N–H and O–H groups in total. The smallest absolute Gasteiger partial charge is 0.317 e. The van der Waals surface area contributed by atoms with Crippen molar-refractivity contribution in [3.05, 3.63) is 27.4 Å². The van der Waals surface area contributed by atoms with Crippen LogP contribution in [0.15, 0.2) is 17.1 Å². The van der Waals surface area contributed by atoms with Gasteiger partial charge in [0, 0.05) is 12.3 Å². The molecule has 0 aliphatic heterocycles. The van der Waals surface area contributed by atoms with E-state index in [1.807, 2.05) is 0 Å². The maximum absolute atomic E-state index is 11.2. The molecule has 0 unspecified atom stereocenters. The molecule has 0 aliphatic rings. The van der Waals surface area contributed by atoms with Gasteiger partial charge in [-0.1, -0.05) is 0 Å². The van der Waals surface area contributed by atoms with Crippen molar-refractivity contribution in [1.82, 2.24) is 14.9 Å². The molecule has 0 fully saturated rings. The second-order valence-electron chi connectivity index (χ2n) is 2.53. The largest absolute Gasteiger partial charge is 0.480 e. The Labute approximate surface area is 84.2 Å². The first-order chi connectivity index (χ1) is 6.61. The summed E-state index contributed by atoms with van der Waals surface area (Å²) in [4.78, 5) is 24.0. The van der Waals surface area contributed by atoms with E-state index in [4.69, 9.17) is 17.3 Å². The highest BCUT2D eigenvalue weighted by atomic mass is 32.1. The van der Waals surface area contributed by atoms with Gasteiger partial charge >= 0.3 is 5.97 Å². The predicted octanol–water partition coefficient (Wildman–Crippen LogP) is -0.462. The van der Waals surface area contributed by atoms with Crippen LogP contribution in [0.1, 0.15) is 0 Å². The lowest BCUT2D eigenvalue weighted by Gasteiger charge is -2.04. The van der Waals surface area contributed by atoms with Crippen LogP contribution in [-0.2, 0) is 11.5 Å². The monoisotopic (exact) mass is 215 g/mol. The van der Waals surface area contributed by atoms with Crippen LogP contribution >= 0.6 is 12.2 Å². The van der Waals surface area contributed by atoms with Gasteiger partial charge in [0.2, 0.25) is 0 Å². The van der Waals surface area contributed by atoms with Crippen LogP contribution in [0.4, 0.5) is 0 Å². The van der Waals surface area contributed by atoms with E-state index < -0.39 is 5.97 Å². The Kier molecular flexibility index (Phi) is 3.55. The van der Waals surface area contributed by atoms with Crippen molar-refractivity contribution in [3.63, 3.8) is 0 Å². The summed E-state index contributed by atoms with van der Waals surface area (Å²) in [7, 11) is 0. The highest BCUT2D eigenvalue weighted by molar-refractivity contribution is 7.71. The third-order valence-corrected chi connectivity index (χ3v) is 1.83. The van der Waals surface area contributed by atoms with E-state index in [1.54, 1.807) is 0 Å². The Morgan fingerprint density at radius 1 is 1.71 bits per heavy atom. The van der Waals surface area contributed by atoms with Gasteiger partial charge in [0.05, 0.1) is 13.2 Å². The molecule has 0 aromatic carbocycles. The van der Waals surface area contributed by atoms with Gasteiger partial charge in [-0.05, 0) is 12.2 Å². The van der Waals surface area contributed by atoms with E-state index in [1.165, 1.54) is 16.8 Å². The van der Waals surface area contributed by atoms with E-state index in [2.05, 4.69) is 10.3 Å². The summed E-state index contributed by atoms with van der Waals surface area (Å²) >= 11 is 4.84. The zero-order chi connectivity index (χ0) is 10.6. The van der Waals surface area contributed by atoms with E-state index in [-0.39, 0.29) is 23.5 Å². The lowest BCUT2D eigenvalue weighted by Crippen LogP contribution is -2.31. The molecule has 6 nitrogen and oxygen atoms in total. The predicted molar refractivity (Wildman–Crippen MR) is 51.5 cm³/mol. The third-order valence-electron chi connectivity index (χ3n) is 1.49. The van der Waals surface area contributed by atoms with Gasteiger partial charge in [-0.25, -0.2) is 0 Å². The number of aliphatic carboxylic acids is 1. The average molecular weight is 215 g/mol. The first-order valence-corrected chi connectivity index (χ1v) is 4.23. The fraction of sp³-hybridized carbons (Fsp3) is 0.286. The second-order valence-corrected chi connectivity index (χ2v) is 2.91.